The van der Waals surface area contributed by atoms with Crippen LogP contribution in [0.2, 0.25) is 0 Å². The zero-order valence-electron chi connectivity index (χ0n) is 23.2. The quantitative estimate of drug-likeness (QED) is 0.127. The first-order valence-electron chi connectivity index (χ1n) is 11.9. The summed E-state index contributed by atoms with van der Waals surface area (Å²) in [5.41, 5.74) is 8.62. The molecular weight excluding hydrogens is 782 g/mol. The van der Waals surface area contributed by atoms with Crippen LogP contribution >= 0.6 is 0 Å². The van der Waals surface area contributed by atoms with Crippen LogP contribution in [0.4, 0.5) is 108 Å². The summed E-state index contributed by atoms with van der Waals surface area (Å²) < 4.78 is 300. The minimum atomic E-state index is -7.61. The summed E-state index contributed by atoms with van der Waals surface area (Å²) in [6, 6.07) is -4.15. The van der Waals surface area contributed by atoms with Crippen molar-refractivity contribution < 1.29 is 111 Å². The average molecular weight is 792 g/mol. The molecule has 5 nitrogen and oxygen atoms in total. The average Bonchev–Trinajstić information content (AvgIpc) is 2.97. The lowest BCUT2D eigenvalue weighted by atomic mass is 10.0. The van der Waals surface area contributed by atoms with Crippen LogP contribution in [0, 0.1) is 0 Å². The van der Waals surface area contributed by atoms with Gasteiger partial charge in [0.15, 0.2) is 11.5 Å². The highest BCUT2D eigenvalue weighted by Gasteiger charge is 2.84. The molecule has 0 aliphatic carbocycles. The van der Waals surface area contributed by atoms with E-state index in [1.807, 2.05) is 0 Å². The lowest BCUT2D eigenvalue weighted by molar-refractivity contribution is -0.392. The molecule has 0 saturated heterocycles. The Bertz CT molecular complexity index is 1560. The first-order chi connectivity index (χ1) is 22.6. The van der Waals surface area contributed by atoms with E-state index >= 15 is 0 Å². The van der Waals surface area contributed by atoms with E-state index in [1.54, 1.807) is 0 Å². The van der Waals surface area contributed by atoms with E-state index in [2.05, 4.69) is 9.47 Å². The number of anilines is 2. The number of nitrogens with two attached hydrogens (primary N) is 2. The second kappa shape index (κ2) is 13.2. The van der Waals surface area contributed by atoms with E-state index in [0.717, 1.165) is 0 Å². The Morgan fingerprint density at radius 2 is 0.706 bits per heavy atom. The van der Waals surface area contributed by atoms with Crippen molar-refractivity contribution in [3.63, 3.8) is 0 Å². The number of allylic oxidation sites excluding steroid dienone is 2. The van der Waals surface area contributed by atoms with Crippen molar-refractivity contribution in [1.29, 1.82) is 0 Å². The smallest absolute Gasteiger partial charge is 0.457 e. The zero-order chi connectivity index (χ0) is 40.1. The maximum absolute atomic E-state index is 13.9. The molecule has 0 saturated carbocycles. The Kier molecular flexibility index (Phi) is 11.0. The van der Waals surface area contributed by atoms with Crippen LogP contribution in [0.5, 0.6) is 23.0 Å². The molecule has 0 aromatic heterocycles. The highest BCUT2D eigenvalue weighted by Crippen LogP contribution is 2.57. The molecule has 51 heavy (non-hydrogen) atoms. The van der Waals surface area contributed by atoms with E-state index in [0.29, 0.717) is 36.4 Å². The lowest BCUT2D eigenvalue weighted by Gasteiger charge is -2.32. The summed E-state index contributed by atoms with van der Waals surface area (Å²) in [6.07, 6.45) is -14.7. The number of nitrogen functional groups attached to an aromatic ring is 2. The van der Waals surface area contributed by atoms with E-state index < -0.39 is 106 Å². The molecule has 0 spiro atoms. The number of ether oxygens (including phenoxy) is 3. The van der Waals surface area contributed by atoms with Crippen molar-refractivity contribution >= 4 is 11.4 Å². The number of hydrogen-bond acceptors (Lipinski definition) is 5. The standard InChI is InChI=1S/C24H10F22N2O3/c25-13(17(29,30)19(33,34)21(37,38)23(41,42)43)15(27)50-11-3-1-7(5-9(11)47)49-8-2-4-12(10(48)6-8)51-16(28)14(26)18(31,32)20(35,36)22(39,40)24(44,45)46/h1-6H,47-48H2. The van der Waals surface area contributed by atoms with Gasteiger partial charge in [-0.05, 0) is 24.3 Å². The zero-order valence-corrected chi connectivity index (χ0v) is 23.2. The molecule has 0 fully saturated rings. The van der Waals surface area contributed by atoms with Crippen molar-refractivity contribution in [3.8, 4) is 23.0 Å². The third-order valence-electron chi connectivity index (χ3n) is 5.78. The van der Waals surface area contributed by atoms with Gasteiger partial charge >= 0.3 is 59.9 Å². The Morgan fingerprint density at radius 1 is 0.431 bits per heavy atom. The molecular formula is C24H10F22N2O3. The molecule has 0 heterocycles. The predicted octanol–water partition coefficient (Wildman–Crippen LogP) is 10.6. The van der Waals surface area contributed by atoms with Crippen molar-refractivity contribution in [2.75, 3.05) is 11.5 Å². The summed E-state index contributed by atoms with van der Waals surface area (Å²) in [7, 11) is 0. The van der Waals surface area contributed by atoms with Gasteiger partial charge in [0.05, 0.1) is 11.4 Å². The Labute approximate surface area is 265 Å². The maximum Gasteiger partial charge on any atom is 0.460 e. The Hall–Kier alpha value is -4.62. The van der Waals surface area contributed by atoms with Gasteiger partial charge in [0, 0.05) is 12.1 Å². The number of rotatable bonds is 12. The molecule has 27 heteroatoms. The van der Waals surface area contributed by atoms with Gasteiger partial charge < -0.3 is 25.7 Å². The molecule has 4 N–H and O–H groups in total. The molecule has 0 aliphatic heterocycles. The normalized spacial score (nSPS) is 15.3. The summed E-state index contributed by atoms with van der Waals surface area (Å²) in [4.78, 5) is 0. The molecule has 0 aliphatic rings. The molecule has 2 aromatic carbocycles. The van der Waals surface area contributed by atoms with Crippen molar-refractivity contribution in [2.24, 2.45) is 0 Å². The largest absolute Gasteiger partial charge is 0.460 e. The summed E-state index contributed by atoms with van der Waals surface area (Å²) >= 11 is 0. The molecule has 0 atom stereocenters. The first-order valence-corrected chi connectivity index (χ1v) is 11.9. The van der Waals surface area contributed by atoms with Gasteiger partial charge in [-0.25, -0.2) is 0 Å². The number of alkyl halides is 18. The molecule has 0 bridgehead atoms. The third-order valence-corrected chi connectivity index (χ3v) is 5.78. The summed E-state index contributed by atoms with van der Waals surface area (Å²) in [5, 5.41) is 0. The van der Waals surface area contributed by atoms with Crippen molar-refractivity contribution in [1.82, 2.24) is 0 Å². The van der Waals surface area contributed by atoms with Gasteiger partial charge in [-0.1, -0.05) is 0 Å². The topological polar surface area (TPSA) is 79.7 Å². The number of benzene rings is 2. The molecule has 0 amide bonds. The fourth-order valence-electron chi connectivity index (χ4n) is 3.06. The Balaban J connectivity index is 2.31. The van der Waals surface area contributed by atoms with E-state index in [1.165, 1.54) is 0 Å². The molecule has 288 valence electrons. The van der Waals surface area contributed by atoms with Gasteiger partial charge in [0.25, 0.3) is 0 Å². The lowest BCUT2D eigenvalue weighted by Crippen LogP contribution is -2.61. The van der Waals surface area contributed by atoms with Crippen LogP contribution in [0.25, 0.3) is 0 Å². The van der Waals surface area contributed by atoms with Crippen LogP contribution < -0.4 is 25.7 Å². The van der Waals surface area contributed by atoms with Crippen LogP contribution in [-0.2, 0) is 0 Å². The molecule has 2 aromatic rings. The van der Waals surface area contributed by atoms with Gasteiger partial charge in [0.1, 0.15) is 11.5 Å². The molecule has 0 radical (unpaired) electrons. The number of hydrogen-bond donors (Lipinski definition) is 2. The molecule has 0 unspecified atom stereocenters. The van der Waals surface area contributed by atoms with Crippen LogP contribution in [0.15, 0.2) is 60.1 Å². The van der Waals surface area contributed by atoms with E-state index in [9.17, 15) is 96.6 Å². The minimum Gasteiger partial charge on any atom is -0.457 e. The fourth-order valence-corrected chi connectivity index (χ4v) is 3.06. The Morgan fingerprint density at radius 3 is 0.941 bits per heavy atom. The van der Waals surface area contributed by atoms with Gasteiger partial charge in [-0.15, -0.1) is 0 Å². The van der Waals surface area contributed by atoms with Crippen LogP contribution in [-0.4, -0.2) is 47.9 Å². The highest BCUT2D eigenvalue weighted by molar-refractivity contribution is 5.59. The first kappa shape index (κ1) is 42.5. The van der Waals surface area contributed by atoms with Gasteiger partial charge in [-0.2, -0.15) is 96.6 Å². The van der Waals surface area contributed by atoms with E-state index in [-0.39, 0.29) is 0 Å². The molecule has 2 rings (SSSR count). The van der Waals surface area contributed by atoms with Crippen molar-refractivity contribution in [2.45, 2.75) is 47.9 Å². The van der Waals surface area contributed by atoms with Crippen molar-refractivity contribution in [3.05, 3.63) is 60.1 Å². The second-order valence-electron chi connectivity index (χ2n) is 9.32. The predicted molar refractivity (Wildman–Crippen MR) is 123 cm³/mol. The number of halogens is 22. The minimum absolute atomic E-state index is 0.347. The van der Waals surface area contributed by atoms with Crippen LogP contribution in [0.3, 0.4) is 0 Å². The van der Waals surface area contributed by atoms with E-state index in [4.69, 9.17) is 16.2 Å². The maximum atomic E-state index is 13.9. The van der Waals surface area contributed by atoms with Crippen LogP contribution in [0.1, 0.15) is 0 Å². The van der Waals surface area contributed by atoms with Gasteiger partial charge in [-0.3, -0.25) is 0 Å². The summed E-state index contributed by atoms with van der Waals surface area (Å²) in [6.45, 7) is 0. The highest BCUT2D eigenvalue weighted by atomic mass is 19.4. The SMILES string of the molecule is Nc1cc(Oc2ccc(OC(F)=C(F)C(F)(F)C(F)(F)C(F)(F)C(F)(F)F)c(N)c2)ccc1OC(F)=C(F)C(F)(F)C(F)(F)C(F)(F)C(F)(F)F. The second-order valence-corrected chi connectivity index (χ2v) is 9.32. The van der Waals surface area contributed by atoms with Gasteiger partial charge in [0.2, 0.25) is 11.7 Å². The fraction of sp³-hybridized carbons (Fsp3) is 0.333. The summed E-state index contributed by atoms with van der Waals surface area (Å²) in [5.74, 6) is -57.1. The third kappa shape index (κ3) is 7.41. The monoisotopic (exact) mass is 792 g/mol.